The molecule has 0 fully saturated rings. The predicted molar refractivity (Wildman–Crippen MR) is 108 cm³/mol. The minimum Gasteiger partial charge on any atom is -0.283 e. The molecule has 2 aromatic heterocycles. The highest BCUT2D eigenvalue weighted by Crippen LogP contribution is 2.33. The Morgan fingerprint density at radius 3 is 2.08 bits per heavy atom. The predicted octanol–water partition coefficient (Wildman–Crippen LogP) is 6.65. The van der Waals surface area contributed by atoms with Crippen LogP contribution in [0, 0.1) is 6.92 Å². The molecule has 0 N–H and O–H groups in total. The Hall–Kier alpha value is -2.49. The van der Waals surface area contributed by atoms with Gasteiger partial charge < -0.3 is 0 Å². The second-order valence-electron chi connectivity index (χ2n) is 8.96. The van der Waals surface area contributed by atoms with Crippen molar-refractivity contribution in [1.82, 2.24) is 9.38 Å². The Labute approximate surface area is 156 Å². The molecule has 136 valence electrons. The number of hydrogen-bond acceptors (Lipinski definition) is 3. The number of azo groups is 1. The highest BCUT2D eigenvalue weighted by molar-refractivity contribution is 5.55. The lowest BCUT2D eigenvalue weighted by Crippen LogP contribution is -2.11. The first-order valence-corrected chi connectivity index (χ1v) is 9.07. The van der Waals surface area contributed by atoms with Crippen LogP contribution in [0.3, 0.4) is 0 Å². The van der Waals surface area contributed by atoms with Gasteiger partial charge in [-0.1, -0.05) is 53.7 Å². The lowest BCUT2D eigenvalue weighted by molar-refractivity contribution is 0.573. The zero-order chi connectivity index (χ0) is 19.1. The summed E-state index contributed by atoms with van der Waals surface area (Å²) in [6.07, 6.45) is 2.02. The van der Waals surface area contributed by atoms with E-state index in [9.17, 15) is 0 Å². The summed E-state index contributed by atoms with van der Waals surface area (Å²) in [5.41, 5.74) is 5.21. The minimum atomic E-state index is -0.107. The molecule has 0 aliphatic heterocycles. The molecule has 4 heteroatoms. The van der Waals surface area contributed by atoms with Crippen LogP contribution in [-0.2, 0) is 10.8 Å². The Kier molecular flexibility index (Phi) is 4.47. The molecule has 3 aromatic rings. The zero-order valence-corrected chi connectivity index (χ0v) is 16.8. The maximum Gasteiger partial charge on any atom is 0.183 e. The number of aromatic nitrogens is 2. The van der Waals surface area contributed by atoms with Gasteiger partial charge in [0.05, 0.1) is 11.4 Å². The van der Waals surface area contributed by atoms with E-state index in [2.05, 4.69) is 83.0 Å². The standard InChI is InChI=1S/C22H28N4/c1-15-12-13-26-18(14-15)23-19(22(5,6)7)20(26)25-24-17-10-8-16(9-11-17)21(2,3)4/h8-14H,1-7H3. The van der Waals surface area contributed by atoms with E-state index in [0.29, 0.717) is 0 Å². The Bertz CT molecular complexity index is 949. The van der Waals surface area contributed by atoms with Crippen molar-refractivity contribution < 1.29 is 0 Å². The van der Waals surface area contributed by atoms with Crippen molar-refractivity contribution in [1.29, 1.82) is 0 Å². The number of fused-ring (bicyclic) bond motifs is 1. The quantitative estimate of drug-likeness (QED) is 0.478. The van der Waals surface area contributed by atoms with Gasteiger partial charge in [0.1, 0.15) is 5.65 Å². The van der Waals surface area contributed by atoms with Gasteiger partial charge in [-0.05, 0) is 47.7 Å². The molecule has 4 nitrogen and oxygen atoms in total. The molecular weight excluding hydrogens is 320 g/mol. The van der Waals surface area contributed by atoms with Gasteiger partial charge in [-0.3, -0.25) is 4.40 Å². The van der Waals surface area contributed by atoms with Crippen LogP contribution in [-0.4, -0.2) is 9.38 Å². The van der Waals surface area contributed by atoms with Crippen molar-refractivity contribution in [3.63, 3.8) is 0 Å². The zero-order valence-electron chi connectivity index (χ0n) is 16.8. The molecule has 1 aromatic carbocycles. The Balaban J connectivity index is 2.03. The molecular formula is C22H28N4. The molecule has 0 spiro atoms. The summed E-state index contributed by atoms with van der Waals surface area (Å²) in [7, 11) is 0. The lowest BCUT2D eigenvalue weighted by Gasteiger charge is -2.18. The number of rotatable bonds is 2. The van der Waals surface area contributed by atoms with Gasteiger partial charge in [-0.15, -0.1) is 10.2 Å². The third-order valence-corrected chi connectivity index (χ3v) is 4.46. The normalized spacial score (nSPS) is 13.0. The van der Waals surface area contributed by atoms with Gasteiger partial charge in [0.15, 0.2) is 5.82 Å². The van der Waals surface area contributed by atoms with E-state index in [4.69, 9.17) is 4.98 Å². The fourth-order valence-electron chi connectivity index (χ4n) is 2.87. The van der Waals surface area contributed by atoms with Crippen LogP contribution < -0.4 is 0 Å². The third kappa shape index (κ3) is 3.69. The summed E-state index contributed by atoms with van der Waals surface area (Å²) < 4.78 is 2.01. The molecule has 0 amide bonds. The average Bonchev–Trinajstić information content (AvgIpc) is 2.90. The van der Waals surface area contributed by atoms with E-state index in [-0.39, 0.29) is 10.8 Å². The van der Waals surface area contributed by atoms with E-state index in [0.717, 1.165) is 22.8 Å². The molecule has 0 aliphatic carbocycles. The first kappa shape index (κ1) is 18.3. The van der Waals surface area contributed by atoms with Gasteiger partial charge in [0.25, 0.3) is 0 Å². The maximum atomic E-state index is 4.81. The number of pyridine rings is 1. The highest BCUT2D eigenvalue weighted by Gasteiger charge is 2.24. The summed E-state index contributed by atoms with van der Waals surface area (Å²) in [6.45, 7) is 15.2. The van der Waals surface area contributed by atoms with E-state index >= 15 is 0 Å². The number of imidazole rings is 1. The molecule has 0 saturated carbocycles. The second-order valence-corrected chi connectivity index (χ2v) is 8.96. The molecule has 3 rings (SSSR count). The topological polar surface area (TPSA) is 42.0 Å². The van der Waals surface area contributed by atoms with Gasteiger partial charge in [-0.25, -0.2) is 4.98 Å². The Morgan fingerprint density at radius 2 is 1.50 bits per heavy atom. The lowest BCUT2D eigenvalue weighted by atomic mass is 9.87. The minimum absolute atomic E-state index is 0.107. The number of aryl methyl sites for hydroxylation is 1. The van der Waals surface area contributed by atoms with Crippen LogP contribution in [0.25, 0.3) is 5.65 Å². The van der Waals surface area contributed by atoms with Gasteiger partial charge >= 0.3 is 0 Å². The molecule has 0 radical (unpaired) electrons. The fraction of sp³-hybridized carbons (Fsp3) is 0.409. The van der Waals surface area contributed by atoms with Gasteiger partial charge in [0.2, 0.25) is 0 Å². The van der Waals surface area contributed by atoms with Crippen molar-refractivity contribution in [3.8, 4) is 0 Å². The van der Waals surface area contributed by atoms with E-state index < -0.39 is 0 Å². The second kappa shape index (κ2) is 6.35. The fourth-order valence-corrected chi connectivity index (χ4v) is 2.87. The first-order chi connectivity index (χ1) is 12.1. The molecule has 0 atom stereocenters. The van der Waals surface area contributed by atoms with Crippen LogP contribution in [0.2, 0.25) is 0 Å². The molecule has 0 saturated heterocycles. The largest absolute Gasteiger partial charge is 0.283 e. The van der Waals surface area contributed by atoms with Crippen LogP contribution in [0.1, 0.15) is 58.4 Å². The summed E-state index contributed by atoms with van der Waals surface area (Å²) in [6, 6.07) is 12.4. The molecule has 2 heterocycles. The van der Waals surface area contributed by atoms with Crippen LogP contribution in [0.5, 0.6) is 0 Å². The summed E-state index contributed by atoms with van der Waals surface area (Å²) in [4.78, 5) is 4.81. The van der Waals surface area contributed by atoms with Crippen molar-refractivity contribution in [2.75, 3.05) is 0 Å². The maximum absolute atomic E-state index is 4.81. The highest BCUT2D eigenvalue weighted by atomic mass is 15.2. The van der Waals surface area contributed by atoms with Crippen molar-refractivity contribution in [2.45, 2.75) is 59.3 Å². The molecule has 26 heavy (non-hydrogen) atoms. The van der Waals surface area contributed by atoms with Gasteiger partial charge in [0, 0.05) is 11.6 Å². The number of hydrogen-bond donors (Lipinski definition) is 0. The Morgan fingerprint density at radius 1 is 0.846 bits per heavy atom. The summed E-state index contributed by atoms with van der Waals surface area (Å²) in [5, 5.41) is 9.06. The van der Waals surface area contributed by atoms with Crippen molar-refractivity contribution in [2.24, 2.45) is 10.2 Å². The smallest absolute Gasteiger partial charge is 0.183 e. The van der Waals surface area contributed by atoms with E-state index in [1.807, 2.05) is 22.7 Å². The summed E-state index contributed by atoms with van der Waals surface area (Å²) >= 11 is 0. The van der Waals surface area contributed by atoms with Gasteiger partial charge in [-0.2, -0.15) is 0 Å². The van der Waals surface area contributed by atoms with Crippen LogP contribution in [0.15, 0.2) is 52.8 Å². The monoisotopic (exact) mass is 348 g/mol. The molecule has 0 aliphatic rings. The van der Waals surface area contributed by atoms with Crippen LogP contribution in [0.4, 0.5) is 11.5 Å². The van der Waals surface area contributed by atoms with E-state index in [1.165, 1.54) is 11.1 Å². The SMILES string of the molecule is Cc1ccn2c(N=Nc3ccc(C(C)(C)C)cc3)c(C(C)(C)C)nc2c1. The van der Waals surface area contributed by atoms with Crippen LogP contribution >= 0.6 is 0 Å². The first-order valence-electron chi connectivity index (χ1n) is 9.07. The van der Waals surface area contributed by atoms with E-state index in [1.54, 1.807) is 0 Å². The number of benzene rings is 1. The van der Waals surface area contributed by atoms with Crippen molar-refractivity contribution in [3.05, 3.63) is 59.4 Å². The summed E-state index contributed by atoms with van der Waals surface area (Å²) in [5.74, 6) is 0.799. The third-order valence-electron chi connectivity index (χ3n) is 4.46. The van der Waals surface area contributed by atoms with Crippen molar-refractivity contribution >= 4 is 17.2 Å². The average molecular weight is 348 g/mol. The molecule has 0 bridgehead atoms. The number of nitrogens with zero attached hydrogens (tertiary/aromatic N) is 4. The molecule has 0 unspecified atom stereocenters.